The fraction of sp³-hybridized carbons (Fsp3) is 0.500. The molecule has 5 nitrogen and oxygen atoms in total. The van der Waals surface area contributed by atoms with Crippen molar-refractivity contribution in [1.29, 1.82) is 0 Å². The highest BCUT2D eigenvalue weighted by atomic mass is 79.9. The van der Waals surface area contributed by atoms with Gasteiger partial charge in [0.15, 0.2) is 0 Å². The van der Waals surface area contributed by atoms with E-state index in [1.807, 2.05) is 0 Å². The van der Waals surface area contributed by atoms with Gasteiger partial charge in [0.25, 0.3) is 0 Å². The minimum absolute atomic E-state index is 0.0451. The molecule has 2 rings (SSSR count). The number of hydrogen-bond acceptors (Lipinski definition) is 4. The van der Waals surface area contributed by atoms with Crippen molar-refractivity contribution in [1.82, 2.24) is 9.71 Å². The zero-order valence-electron chi connectivity index (χ0n) is 9.31. The summed E-state index contributed by atoms with van der Waals surface area (Å²) in [5.41, 5.74) is 0. The van der Waals surface area contributed by atoms with Crippen LogP contribution in [0.25, 0.3) is 0 Å². The molecule has 0 atom stereocenters. The molecule has 1 aromatic rings. The number of ether oxygens (including phenoxy) is 1. The van der Waals surface area contributed by atoms with E-state index in [-0.39, 0.29) is 16.8 Å². The number of nitrogens with zero attached hydrogens (tertiary/aromatic N) is 1. The Hall–Kier alpha value is -0.660. The van der Waals surface area contributed by atoms with Crippen LogP contribution in [0.15, 0.2) is 21.6 Å². The van der Waals surface area contributed by atoms with Crippen molar-refractivity contribution in [3.8, 4) is 5.88 Å². The van der Waals surface area contributed by atoms with E-state index in [0.29, 0.717) is 4.47 Å². The minimum atomic E-state index is -3.55. The highest BCUT2D eigenvalue weighted by Crippen LogP contribution is 2.27. The van der Waals surface area contributed by atoms with Gasteiger partial charge in [0.1, 0.15) is 4.90 Å². The van der Waals surface area contributed by atoms with Gasteiger partial charge in [-0.3, -0.25) is 0 Å². The van der Waals surface area contributed by atoms with E-state index in [2.05, 4.69) is 25.6 Å². The first kappa shape index (κ1) is 12.8. The number of hydrogen-bond donors (Lipinski definition) is 1. The van der Waals surface area contributed by atoms with Gasteiger partial charge in [-0.05, 0) is 34.8 Å². The summed E-state index contributed by atoms with van der Waals surface area (Å²) < 4.78 is 32.4. The van der Waals surface area contributed by atoms with E-state index in [1.165, 1.54) is 19.4 Å². The first-order valence-corrected chi connectivity index (χ1v) is 7.52. The average molecular weight is 321 g/mol. The minimum Gasteiger partial charge on any atom is -0.480 e. The number of aromatic nitrogens is 1. The molecule has 0 aliphatic heterocycles. The van der Waals surface area contributed by atoms with Gasteiger partial charge in [-0.2, -0.15) is 0 Å². The molecule has 0 aromatic carbocycles. The summed E-state index contributed by atoms with van der Waals surface area (Å²) >= 11 is 3.20. The van der Waals surface area contributed by atoms with Crippen LogP contribution in [0.5, 0.6) is 5.88 Å². The number of pyridine rings is 1. The normalized spacial score (nSPS) is 16.6. The van der Waals surface area contributed by atoms with Crippen molar-refractivity contribution in [2.45, 2.75) is 30.2 Å². The van der Waals surface area contributed by atoms with Crippen molar-refractivity contribution >= 4 is 26.0 Å². The molecule has 0 saturated heterocycles. The van der Waals surface area contributed by atoms with E-state index >= 15 is 0 Å². The monoisotopic (exact) mass is 320 g/mol. The summed E-state index contributed by atoms with van der Waals surface area (Å²) in [6.07, 6.45) is 4.36. The van der Waals surface area contributed by atoms with Crippen LogP contribution in [0.2, 0.25) is 0 Å². The van der Waals surface area contributed by atoms with Gasteiger partial charge in [0.05, 0.1) is 7.11 Å². The molecule has 0 unspecified atom stereocenters. The predicted molar refractivity (Wildman–Crippen MR) is 66.4 cm³/mol. The summed E-state index contributed by atoms with van der Waals surface area (Å²) in [6, 6.07) is 1.54. The third-order valence-electron chi connectivity index (χ3n) is 2.69. The zero-order valence-corrected chi connectivity index (χ0v) is 11.7. The third-order valence-corrected chi connectivity index (χ3v) is 4.64. The second kappa shape index (κ2) is 4.91. The van der Waals surface area contributed by atoms with E-state index in [1.54, 1.807) is 0 Å². The fourth-order valence-corrected chi connectivity index (χ4v) is 3.50. The first-order valence-electron chi connectivity index (χ1n) is 5.25. The van der Waals surface area contributed by atoms with Gasteiger partial charge in [0.2, 0.25) is 15.9 Å². The van der Waals surface area contributed by atoms with Crippen LogP contribution in [0.4, 0.5) is 0 Å². The molecule has 1 saturated carbocycles. The van der Waals surface area contributed by atoms with Gasteiger partial charge >= 0.3 is 0 Å². The molecule has 0 bridgehead atoms. The molecule has 0 radical (unpaired) electrons. The van der Waals surface area contributed by atoms with E-state index in [0.717, 1.165) is 19.3 Å². The van der Waals surface area contributed by atoms with Crippen molar-refractivity contribution in [3.05, 3.63) is 16.7 Å². The maximum atomic E-state index is 12.1. The first-order chi connectivity index (χ1) is 8.03. The summed E-state index contributed by atoms with van der Waals surface area (Å²) in [5.74, 6) is 0.111. The van der Waals surface area contributed by atoms with Crippen LogP contribution < -0.4 is 9.46 Å². The van der Waals surface area contributed by atoms with Crippen LogP contribution in [0, 0.1) is 0 Å². The summed E-state index contributed by atoms with van der Waals surface area (Å²) in [6.45, 7) is 0. The maximum Gasteiger partial charge on any atom is 0.246 e. The quantitative estimate of drug-likeness (QED) is 0.916. The number of methoxy groups -OCH3 is 1. The molecule has 0 spiro atoms. The molecule has 1 heterocycles. The third kappa shape index (κ3) is 2.78. The van der Waals surface area contributed by atoms with E-state index in [4.69, 9.17) is 4.74 Å². The molecule has 1 aromatic heterocycles. The number of halogens is 1. The molecule has 17 heavy (non-hydrogen) atoms. The van der Waals surface area contributed by atoms with Gasteiger partial charge in [0, 0.05) is 16.7 Å². The van der Waals surface area contributed by atoms with Gasteiger partial charge in [-0.25, -0.2) is 18.1 Å². The Morgan fingerprint density at radius 1 is 1.53 bits per heavy atom. The fourth-order valence-electron chi connectivity index (χ4n) is 1.56. The van der Waals surface area contributed by atoms with E-state index < -0.39 is 10.0 Å². The lowest BCUT2D eigenvalue weighted by Crippen LogP contribution is -2.39. The van der Waals surface area contributed by atoms with Crippen molar-refractivity contribution in [3.63, 3.8) is 0 Å². The molecule has 94 valence electrons. The van der Waals surface area contributed by atoms with Gasteiger partial charge in [-0.15, -0.1) is 0 Å². The topological polar surface area (TPSA) is 68.3 Å². The molecule has 1 N–H and O–H groups in total. The molecule has 0 amide bonds. The van der Waals surface area contributed by atoms with Crippen LogP contribution in [-0.2, 0) is 10.0 Å². The Bertz CT molecular complexity index is 514. The zero-order chi connectivity index (χ0) is 12.5. The summed E-state index contributed by atoms with van der Waals surface area (Å²) in [7, 11) is -2.15. The Labute approximate surface area is 109 Å². The van der Waals surface area contributed by atoms with Crippen molar-refractivity contribution in [2.24, 2.45) is 0 Å². The van der Waals surface area contributed by atoms with Crippen LogP contribution in [0.3, 0.4) is 0 Å². The van der Waals surface area contributed by atoms with Crippen molar-refractivity contribution < 1.29 is 13.2 Å². The second-order valence-corrected chi connectivity index (χ2v) is 6.51. The van der Waals surface area contributed by atoms with Crippen LogP contribution in [-0.4, -0.2) is 26.6 Å². The molecule has 7 heteroatoms. The average Bonchev–Trinajstić information content (AvgIpc) is 2.24. The lowest BCUT2D eigenvalue weighted by molar-refractivity contribution is 0.374. The molecule has 1 aliphatic carbocycles. The summed E-state index contributed by atoms with van der Waals surface area (Å²) in [5, 5.41) is 0. The van der Waals surface area contributed by atoms with Gasteiger partial charge < -0.3 is 4.74 Å². The number of rotatable bonds is 4. The van der Waals surface area contributed by atoms with Gasteiger partial charge in [-0.1, -0.05) is 6.42 Å². The SMILES string of the molecule is COc1ncc(Br)cc1S(=O)(=O)NC1CCC1. The lowest BCUT2D eigenvalue weighted by atomic mass is 9.94. The van der Waals surface area contributed by atoms with E-state index in [9.17, 15) is 8.42 Å². The Morgan fingerprint density at radius 3 is 2.76 bits per heavy atom. The smallest absolute Gasteiger partial charge is 0.246 e. The highest BCUT2D eigenvalue weighted by molar-refractivity contribution is 9.10. The molecule has 1 aliphatic rings. The maximum absolute atomic E-state index is 12.1. The standard InChI is InChI=1S/C10H13BrN2O3S/c1-16-10-9(5-7(11)6-12-10)17(14,15)13-8-3-2-4-8/h5-6,8,13H,2-4H2,1H3. The lowest BCUT2D eigenvalue weighted by Gasteiger charge is -2.26. The van der Waals surface area contributed by atoms with Crippen LogP contribution in [0.1, 0.15) is 19.3 Å². The Morgan fingerprint density at radius 2 is 2.24 bits per heavy atom. The Balaban J connectivity index is 2.33. The highest BCUT2D eigenvalue weighted by Gasteiger charge is 2.27. The molecular weight excluding hydrogens is 308 g/mol. The van der Waals surface area contributed by atoms with Crippen LogP contribution >= 0.6 is 15.9 Å². The largest absolute Gasteiger partial charge is 0.480 e. The number of sulfonamides is 1. The molecular formula is C10H13BrN2O3S. The second-order valence-electron chi connectivity index (χ2n) is 3.91. The number of nitrogens with one attached hydrogen (secondary N) is 1. The summed E-state index contributed by atoms with van der Waals surface area (Å²) in [4.78, 5) is 4.00. The molecule has 1 fully saturated rings. The Kier molecular flexibility index (Phi) is 3.70. The van der Waals surface area contributed by atoms with Crippen molar-refractivity contribution in [2.75, 3.05) is 7.11 Å². The predicted octanol–water partition coefficient (Wildman–Crippen LogP) is 1.68.